The minimum absolute atomic E-state index is 0.123. The lowest BCUT2D eigenvalue weighted by molar-refractivity contribution is 0.0948. The minimum atomic E-state index is -3.89. The highest BCUT2D eigenvalue weighted by Gasteiger charge is 2.18. The second-order valence-corrected chi connectivity index (χ2v) is 7.53. The van der Waals surface area contributed by atoms with Crippen LogP contribution in [-0.2, 0) is 9.05 Å². The van der Waals surface area contributed by atoms with E-state index in [0.717, 1.165) is 6.42 Å². The van der Waals surface area contributed by atoms with Gasteiger partial charge in [-0.15, -0.1) is 0 Å². The molecule has 1 amide bonds. The molecule has 0 heterocycles. The van der Waals surface area contributed by atoms with Crippen LogP contribution in [0.5, 0.6) is 5.75 Å². The molecule has 0 atom stereocenters. The van der Waals surface area contributed by atoms with Gasteiger partial charge in [-0.05, 0) is 37.5 Å². The fourth-order valence-electron chi connectivity index (χ4n) is 1.69. The molecule has 0 aliphatic carbocycles. The Bertz CT molecular complexity index is 599. The van der Waals surface area contributed by atoms with Crippen molar-refractivity contribution in [3.05, 3.63) is 23.8 Å². The van der Waals surface area contributed by atoms with Crippen LogP contribution in [0.4, 0.5) is 0 Å². The molecule has 1 aromatic rings. The van der Waals surface area contributed by atoms with E-state index in [4.69, 9.17) is 15.4 Å². The zero-order valence-corrected chi connectivity index (χ0v) is 13.9. The molecule has 0 aromatic heterocycles. The second kappa shape index (κ2) is 7.66. The highest BCUT2D eigenvalue weighted by atomic mass is 35.7. The first kappa shape index (κ1) is 17.8. The Hall–Kier alpha value is -1.27. The molecule has 0 spiro atoms. The van der Waals surface area contributed by atoms with E-state index in [1.807, 2.05) is 0 Å². The normalized spacial score (nSPS) is 11.5. The van der Waals surface area contributed by atoms with Gasteiger partial charge in [0.1, 0.15) is 5.75 Å². The first-order valence-electron chi connectivity index (χ1n) is 6.75. The van der Waals surface area contributed by atoms with E-state index < -0.39 is 9.05 Å². The van der Waals surface area contributed by atoms with Gasteiger partial charge in [-0.25, -0.2) is 8.42 Å². The second-order valence-electron chi connectivity index (χ2n) is 4.97. The van der Waals surface area contributed by atoms with E-state index in [1.165, 1.54) is 18.2 Å². The fourth-order valence-corrected chi connectivity index (χ4v) is 2.47. The first-order valence-corrected chi connectivity index (χ1v) is 9.06. The molecule has 0 radical (unpaired) electrons. The average Bonchev–Trinajstić information content (AvgIpc) is 2.37. The number of ether oxygens (including phenoxy) is 1. The van der Waals surface area contributed by atoms with Crippen LogP contribution in [0, 0.1) is 5.92 Å². The van der Waals surface area contributed by atoms with Crippen molar-refractivity contribution in [1.29, 1.82) is 0 Å². The molecule has 0 bridgehead atoms. The summed E-state index contributed by atoms with van der Waals surface area (Å²) in [6.45, 7) is 6.78. The van der Waals surface area contributed by atoms with Crippen LogP contribution in [0.3, 0.4) is 0 Å². The van der Waals surface area contributed by atoms with E-state index in [2.05, 4.69) is 19.2 Å². The Morgan fingerprint density at radius 2 is 2.05 bits per heavy atom. The van der Waals surface area contributed by atoms with Crippen molar-refractivity contribution < 1.29 is 17.9 Å². The van der Waals surface area contributed by atoms with Gasteiger partial charge in [0.05, 0.1) is 17.1 Å². The van der Waals surface area contributed by atoms with Crippen LogP contribution in [0.2, 0.25) is 0 Å². The van der Waals surface area contributed by atoms with E-state index in [1.54, 1.807) is 6.92 Å². The number of amides is 1. The SMILES string of the molecule is CCOc1ccc(S(=O)(=O)Cl)cc1C(=O)NCCC(C)C. The van der Waals surface area contributed by atoms with Crippen molar-refractivity contribution in [1.82, 2.24) is 5.32 Å². The topological polar surface area (TPSA) is 72.5 Å². The lowest BCUT2D eigenvalue weighted by Gasteiger charge is -2.12. The van der Waals surface area contributed by atoms with E-state index in [9.17, 15) is 13.2 Å². The molecule has 0 saturated carbocycles. The Kier molecular flexibility index (Phi) is 6.48. The fraction of sp³-hybridized carbons (Fsp3) is 0.500. The standard InChI is InChI=1S/C14H20ClNO4S/c1-4-20-13-6-5-11(21(15,18)19)9-12(13)14(17)16-8-7-10(2)3/h5-6,9-10H,4,7-8H2,1-3H3,(H,16,17). The number of hydrogen-bond donors (Lipinski definition) is 1. The third-order valence-corrected chi connectivity index (χ3v) is 4.14. The zero-order valence-electron chi connectivity index (χ0n) is 12.3. The maximum absolute atomic E-state index is 12.2. The number of benzene rings is 1. The summed E-state index contributed by atoms with van der Waals surface area (Å²) < 4.78 is 28.1. The molecule has 0 fully saturated rings. The van der Waals surface area contributed by atoms with Crippen molar-refractivity contribution in [2.45, 2.75) is 32.1 Å². The summed E-state index contributed by atoms with van der Waals surface area (Å²) >= 11 is 0. The van der Waals surface area contributed by atoms with Crippen molar-refractivity contribution in [2.24, 2.45) is 5.92 Å². The summed E-state index contributed by atoms with van der Waals surface area (Å²) in [5.74, 6) is 0.427. The molecular formula is C14H20ClNO4S. The Labute approximate surface area is 130 Å². The number of carbonyl (C=O) groups excluding carboxylic acids is 1. The Balaban J connectivity index is 3.02. The highest BCUT2D eigenvalue weighted by Crippen LogP contribution is 2.24. The number of nitrogens with one attached hydrogen (secondary N) is 1. The Morgan fingerprint density at radius 1 is 1.38 bits per heavy atom. The lowest BCUT2D eigenvalue weighted by atomic mass is 10.1. The third kappa shape index (κ3) is 5.55. The van der Waals surface area contributed by atoms with Crippen molar-refractivity contribution in [3.63, 3.8) is 0 Å². The molecule has 1 aromatic carbocycles. The van der Waals surface area contributed by atoms with E-state index >= 15 is 0 Å². The zero-order chi connectivity index (χ0) is 16.0. The molecule has 1 N–H and O–H groups in total. The predicted molar refractivity (Wildman–Crippen MR) is 82.4 cm³/mol. The van der Waals surface area contributed by atoms with Crippen LogP contribution >= 0.6 is 10.7 Å². The van der Waals surface area contributed by atoms with E-state index in [0.29, 0.717) is 24.8 Å². The van der Waals surface area contributed by atoms with Gasteiger partial charge in [-0.3, -0.25) is 4.79 Å². The van der Waals surface area contributed by atoms with Crippen molar-refractivity contribution >= 4 is 25.6 Å². The maximum Gasteiger partial charge on any atom is 0.261 e. The van der Waals surface area contributed by atoms with Crippen LogP contribution < -0.4 is 10.1 Å². The monoisotopic (exact) mass is 333 g/mol. The van der Waals surface area contributed by atoms with Crippen LogP contribution in [-0.4, -0.2) is 27.5 Å². The van der Waals surface area contributed by atoms with Gasteiger partial charge in [-0.2, -0.15) is 0 Å². The number of hydrogen-bond acceptors (Lipinski definition) is 4. The van der Waals surface area contributed by atoms with Crippen LogP contribution in [0.1, 0.15) is 37.6 Å². The summed E-state index contributed by atoms with van der Waals surface area (Å²) in [6, 6.07) is 3.99. The lowest BCUT2D eigenvalue weighted by Crippen LogP contribution is -2.26. The summed E-state index contributed by atoms with van der Waals surface area (Å²) in [7, 11) is 1.42. The summed E-state index contributed by atoms with van der Waals surface area (Å²) in [5, 5.41) is 2.75. The molecule has 5 nitrogen and oxygen atoms in total. The minimum Gasteiger partial charge on any atom is -0.493 e. The molecule has 1 rings (SSSR count). The van der Waals surface area contributed by atoms with Crippen LogP contribution in [0.25, 0.3) is 0 Å². The maximum atomic E-state index is 12.2. The number of halogens is 1. The molecular weight excluding hydrogens is 314 g/mol. The highest BCUT2D eigenvalue weighted by molar-refractivity contribution is 8.13. The molecule has 21 heavy (non-hydrogen) atoms. The van der Waals surface area contributed by atoms with Gasteiger partial charge in [0.2, 0.25) is 0 Å². The van der Waals surface area contributed by atoms with Crippen LogP contribution in [0.15, 0.2) is 23.1 Å². The quantitative estimate of drug-likeness (QED) is 0.779. The van der Waals surface area contributed by atoms with Gasteiger partial charge in [-0.1, -0.05) is 13.8 Å². The first-order chi connectivity index (χ1) is 9.75. The van der Waals surface area contributed by atoms with Gasteiger partial charge in [0, 0.05) is 17.2 Å². The third-order valence-electron chi connectivity index (χ3n) is 2.78. The predicted octanol–water partition coefficient (Wildman–Crippen LogP) is 2.79. The van der Waals surface area contributed by atoms with Gasteiger partial charge < -0.3 is 10.1 Å². The molecule has 0 aliphatic rings. The van der Waals surface area contributed by atoms with Crippen molar-refractivity contribution in [2.75, 3.05) is 13.2 Å². The molecule has 7 heteroatoms. The van der Waals surface area contributed by atoms with Gasteiger partial charge >= 0.3 is 0 Å². The van der Waals surface area contributed by atoms with E-state index in [-0.39, 0.29) is 16.4 Å². The van der Waals surface area contributed by atoms with Gasteiger partial charge in [0.25, 0.3) is 15.0 Å². The summed E-state index contributed by atoms with van der Waals surface area (Å²) in [6.07, 6.45) is 0.837. The number of carbonyl (C=O) groups is 1. The summed E-state index contributed by atoms with van der Waals surface area (Å²) in [4.78, 5) is 12.0. The smallest absolute Gasteiger partial charge is 0.261 e. The van der Waals surface area contributed by atoms with Crippen molar-refractivity contribution in [3.8, 4) is 5.75 Å². The largest absolute Gasteiger partial charge is 0.493 e. The Morgan fingerprint density at radius 3 is 2.57 bits per heavy atom. The number of rotatable bonds is 7. The molecule has 0 aliphatic heterocycles. The molecule has 118 valence electrons. The average molecular weight is 334 g/mol. The van der Waals surface area contributed by atoms with Gasteiger partial charge in [0.15, 0.2) is 0 Å². The molecule has 0 saturated heterocycles. The molecule has 0 unspecified atom stereocenters. The summed E-state index contributed by atoms with van der Waals surface area (Å²) in [5.41, 5.74) is 0.169.